The number of hydrogen-bond acceptors (Lipinski definition) is 3. The van der Waals surface area contributed by atoms with Crippen LogP contribution in [0.4, 0.5) is 0 Å². The molecule has 0 aliphatic heterocycles. The molecule has 2 aromatic carbocycles. The van der Waals surface area contributed by atoms with E-state index in [9.17, 15) is 9.59 Å². The lowest BCUT2D eigenvalue weighted by molar-refractivity contribution is 0.103. The monoisotopic (exact) mass is 566 g/mol. The molecule has 0 bridgehead atoms. The molecule has 222 valence electrons. The van der Waals surface area contributed by atoms with Crippen molar-refractivity contribution < 1.29 is 14.2 Å². The fourth-order valence-corrected chi connectivity index (χ4v) is 7.97. The van der Waals surface area contributed by atoms with Crippen LogP contribution in [0.25, 0.3) is 0 Å². The van der Waals surface area contributed by atoms with Gasteiger partial charge in [-0.15, -0.1) is 0 Å². The highest BCUT2D eigenvalue weighted by Crippen LogP contribution is 2.64. The van der Waals surface area contributed by atoms with Crippen LogP contribution in [-0.2, 0) is 4.57 Å². The van der Waals surface area contributed by atoms with Crippen molar-refractivity contribution in [3.8, 4) is 0 Å². The van der Waals surface area contributed by atoms with E-state index in [1.54, 1.807) is 20.8 Å². The van der Waals surface area contributed by atoms with Gasteiger partial charge in [-0.1, -0.05) is 128 Å². The maximum Gasteiger partial charge on any atom is 0.230 e. The minimum Gasteiger partial charge on any atom is -0.306 e. The first-order valence-electron chi connectivity index (χ1n) is 15.2. The van der Waals surface area contributed by atoms with Crippen molar-refractivity contribution in [1.82, 2.24) is 0 Å². The second-order valence-corrected chi connectivity index (χ2v) is 17.8. The van der Waals surface area contributed by atoms with Gasteiger partial charge in [-0.05, 0) is 68.9 Å². The molecule has 0 saturated carbocycles. The molecule has 0 N–H and O–H groups in total. The van der Waals surface area contributed by atoms with Crippen LogP contribution in [0.5, 0.6) is 0 Å². The lowest BCUT2D eigenvalue weighted by atomic mass is 9.85. The maximum atomic E-state index is 15.5. The molecule has 2 aromatic rings. The van der Waals surface area contributed by atoms with Gasteiger partial charge in [0.2, 0.25) is 18.2 Å². The summed E-state index contributed by atoms with van der Waals surface area (Å²) in [5.74, 6) is 0.750. The summed E-state index contributed by atoms with van der Waals surface area (Å²) in [7, 11) is -4.15. The third kappa shape index (κ3) is 6.41. The molecule has 0 radical (unpaired) electrons. The first-order valence-corrected chi connectivity index (χ1v) is 16.9. The molecule has 3 nitrogen and oxygen atoms in total. The SMILES string of the molecule is CC(C)c1cc(C(C)C)c(C(=O)P(=O)(C(=O)c2c(C(C)C)cc(C(C)C)cc2C(C)C)C(C)(C)C)c(C(C)C)c1. The third-order valence-electron chi connectivity index (χ3n) is 8.21. The van der Waals surface area contributed by atoms with E-state index in [0.29, 0.717) is 11.1 Å². The Bertz CT molecular complexity index is 1150. The van der Waals surface area contributed by atoms with Crippen LogP contribution in [0.1, 0.15) is 193 Å². The Balaban J connectivity index is 3.07. The number of hydrogen-bond donors (Lipinski definition) is 0. The van der Waals surface area contributed by atoms with E-state index in [-0.39, 0.29) is 35.5 Å². The van der Waals surface area contributed by atoms with E-state index in [1.165, 1.54) is 0 Å². The summed E-state index contributed by atoms with van der Waals surface area (Å²) in [6.07, 6.45) is 0. The minimum atomic E-state index is -4.15. The Hall–Kier alpha value is -1.99. The fourth-order valence-electron chi connectivity index (χ4n) is 5.42. The lowest BCUT2D eigenvalue weighted by Crippen LogP contribution is -2.29. The van der Waals surface area contributed by atoms with Gasteiger partial charge in [0.25, 0.3) is 0 Å². The molecule has 4 heteroatoms. The van der Waals surface area contributed by atoms with Crippen LogP contribution in [0.3, 0.4) is 0 Å². The van der Waals surface area contributed by atoms with E-state index < -0.39 is 23.3 Å². The van der Waals surface area contributed by atoms with Crippen molar-refractivity contribution in [2.45, 2.75) is 145 Å². The van der Waals surface area contributed by atoms with E-state index in [4.69, 9.17) is 0 Å². The summed E-state index contributed by atoms with van der Waals surface area (Å²) in [4.78, 5) is 29.8. The number of carbonyl (C=O) groups excluding carboxylic acids is 2. The van der Waals surface area contributed by atoms with Gasteiger partial charge in [0, 0.05) is 16.3 Å². The molecule has 0 aromatic heterocycles. The van der Waals surface area contributed by atoms with Gasteiger partial charge in [0.1, 0.15) is 0 Å². The first kappa shape index (κ1) is 34.2. The molecule has 0 heterocycles. The Morgan fingerprint density at radius 3 is 0.875 bits per heavy atom. The Kier molecular flexibility index (Phi) is 10.7. The first-order chi connectivity index (χ1) is 18.2. The standard InChI is InChI=1S/C36H55O3P/c1-20(2)26-16-28(22(5)6)32(29(17-26)23(7)8)34(37)40(39,36(13,14)15)35(38)33-30(24(9)10)18-27(21(3)4)19-31(33)25(11)12/h16-25H,1-15H3. The molecular weight excluding hydrogens is 511 g/mol. The summed E-state index contributed by atoms with van der Waals surface area (Å²) < 4.78 is 15.5. The van der Waals surface area contributed by atoms with Gasteiger partial charge >= 0.3 is 0 Å². The van der Waals surface area contributed by atoms with E-state index in [2.05, 4.69) is 107 Å². The van der Waals surface area contributed by atoms with Crippen LogP contribution in [0, 0.1) is 0 Å². The van der Waals surface area contributed by atoms with Gasteiger partial charge in [-0.25, -0.2) is 0 Å². The topological polar surface area (TPSA) is 51.2 Å². The van der Waals surface area contributed by atoms with Crippen molar-refractivity contribution in [1.29, 1.82) is 0 Å². The number of carbonyl (C=O) groups is 2. The summed E-state index contributed by atoms with van der Waals surface area (Å²) in [6.45, 7) is 30.6. The van der Waals surface area contributed by atoms with Crippen molar-refractivity contribution in [3.05, 3.63) is 68.8 Å². The molecular formula is C36H55O3P. The largest absolute Gasteiger partial charge is 0.306 e. The van der Waals surface area contributed by atoms with Crippen molar-refractivity contribution in [2.75, 3.05) is 0 Å². The van der Waals surface area contributed by atoms with Gasteiger partial charge in [-0.3, -0.25) is 9.59 Å². The van der Waals surface area contributed by atoms with E-state index in [0.717, 1.165) is 33.4 Å². The molecule has 0 saturated heterocycles. The third-order valence-corrected chi connectivity index (χ3v) is 11.7. The van der Waals surface area contributed by atoms with Crippen molar-refractivity contribution in [2.24, 2.45) is 0 Å². The lowest BCUT2D eigenvalue weighted by Gasteiger charge is -2.33. The molecule has 40 heavy (non-hydrogen) atoms. The second-order valence-electron chi connectivity index (χ2n) is 14.5. The van der Waals surface area contributed by atoms with E-state index in [1.807, 2.05) is 0 Å². The number of rotatable bonds is 10. The fraction of sp³-hybridized carbons (Fsp3) is 0.611. The Morgan fingerprint density at radius 2 is 0.725 bits per heavy atom. The molecule has 0 aliphatic carbocycles. The maximum absolute atomic E-state index is 15.5. The highest BCUT2D eigenvalue weighted by molar-refractivity contribution is 7.96. The Labute approximate surface area is 245 Å². The van der Waals surface area contributed by atoms with Crippen molar-refractivity contribution >= 4 is 18.2 Å². The quantitative estimate of drug-likeness (QED) is 0.269. The highest BCUT2D eigenvalue weighted by Gasteiger charge is 2.52. The molecule has 0 atom stereocenters. The average Bonchev–Trinajstić information content (AvgIpc) is 2.84. The highest BCUT2D eigenvalue weighted by atomic mass is 31.2. The summed E-state index contributed by atoms with van der Waals surface area (Å²) in [5.41, 5.74) is 5.91. The number of benzene rings is 2. The zero-order valence-electron chi connectivity index (χ0n) is 27.9. The predicted molar refractivity (Wildman–Crippen MR) is 173 cm³/mol. The summed E-state index contributed by atoms with van der Waals surface area (Å²) >= 11 is 0. The van der Waals surface area contributed by atoms with Gasteiger partial charge in [-0.2, -0.15) is 0 Å². The molecule has 0 spiro atoms. The van der Waals surface area contributed by atoms with Crippen LogP contribution < -0.4 is 0 Å². The van der Waals surface area contributed by atoms with Crippen LogP contribution >= 0.6 is 7.14 Å². The predicted octanol–water partition coefficient (Wildman–Crippen LogP) is 11.6. The second kappa shape index (κ2) is 12.5. The molecule has 2 rings (SSSR count). The molecule has 0 fully saturated rings. The summed E-state index contributed by atoms with van der Waals surface area (Å²) in [5, 5.41) is -1.04. The van der Waals surface area contributed by atoms with E-state index >= 15 is 4.57 Å². The Morgan fingerprint density at radius 1 is 0.500 bits per heavy atom. The minimum absolute atomic E-state index is 0.0430. The van der Waals surface area contributed by atoms with Crippen molar-refractivity contribution in [3.63, 3.8) is 0 Å². The van der Waals surface area contributed by atoms with Gasteiger partial charge in [0.15, 0.2) is 0 Å². The smallest absolute Gasteiger partial charge is 0.230 e. The molecule has 0 amide bonds. The average molecular weight is 567 g/mol. The zero-order chi connectivity index (χ0) is 31.1. The van der Waals surface area contributed by atoms with Crippen LogP contribution in [0.15, 0.2) is 24.3 Å². The molecule has 0 unspecified atom stereocenters. The normalized spacial score (nSPS) is 13.0. The van der Waals surface area contributed by atoms with Gasteiger partial charge < -0.3 is 4.57 Å². The van der Waals surface area contributed by atoms with Crippen LogP contribution in [0.2, 0.25) is 0 Å². The van der Waals surface area contributed by atoms with Crippen LogP contribution in [-0.4, -0.2) is 16.2 Å². The zero-order valence-corrected chi connectivity index (χ0v) is 28.8. The molecule has 0 aliphatic rings. The summed E-state index contributed by atoms with van der Waals surface area (Å²) in [6, 6.07) is 8.40. The van der Waals surface area contributed by atoms with Gasteiger partial charge in [0.05, 0.1) is 0 Å².